The van der Waals surface area contributed by atoms with E-state index in [1.165, 1.54) is 50.1 Å². The zero-order chi connectivity index (χ0) is 98.7. The molecule has 696 valence electrons. The fourth-order valence-corrected chi connectivity index (χ4v) is 18.5. The number of carbonyl (C=O) groups is 3. The Balaban J connectivity index is 0.000000171. The van der Waals surface area contributed by atoms with Gasteiger partial charge in [0.15, 0.2) is 34.9 Å². The number of phenols is 3. The molecule has 9 aromatic heterocycles. The van der Waals surface area contributed by atoms with Crippen molar-refractivity contribution < 1.29 is 56.0 Å². The van der Waals surface area contributed by atoms with Gasteiger partial charge in [0.25, 0.3) is 16.7 Å². The number of rotatable bonds is 15. The van der Waals surface area contributed by atoms with Gasteiger partial charge in [-0.2, -0.15) is 15.8 Å². The lowest BCUT2D eigenvalue weighted by Crippen LogP contribution is -2.49. The molecule has 12 heterocycles. The molecule has 3 amide bonds. The number of nitriles is 3. The Bertz CT molecular complexity index is 6650. The van der Waals surface area contributed by atoms with Gasteiger partial charge in [0.1, 0.15) is 84.2 Å². The van der Waals surface area contributed by atoms with Crippen molar-refractivity contribution in [2.75, 3.05) is 93.2 Å². The average molecular weight is 2020 g/mol. The Hall–Kier alpha value is -12.7. The van der Waals surface area contributed by atoms with Crippen LogP contribution in [0.5, 0.6) is 17.2 Å². The first kappa shape index (κ1) is 99.7. The maximum absolute atomic E-state index is 14.8. The molecular formula is C93H75Cl9F6N18O9. The van der Waals surface area contributed by atoms with Gasteiger partial charge in [0.05, 0.1) is 115 Å². The molecular weight excluding hydrogens is 1950 g/mol. The van der Waals surface area contributed by atoms with Crippen molar-refractivity contribution in [2.45, 2.75) is 80.1 Å². The summed E-state index contributed by atoms with van der Waals surface area (Å²) in [6, 6.07) is 15.5. The van der Waals surface area contributed by atoms with Crippen molar-refractivity contribution in [2.24, 2.45) is 0 Å². The lowest BCUT2D eigenvalue weighted by atomic mass is 10.0. The highest BCUT2D eigenvalue weighted by Gasteiger charge is 2.38. The van der Waals surface area contributed by atoms with E-state index in [-0.39, 0.29) is 213 Å². The third kappa shape index (κ3) is 17.8. The number of hydrogen-bond acceptors (Lipinski definition) is 21. The number of aromatic nitrogens is 9. The number of hydrogen-bond donors (Lipinski definition) is 3. The van der Waals surface area contributed by atoms with Crippen molar-refractivity contribution in [1.82, 2.24) is 58.3 Å². The summed E-state index contributed by atoms with van der Waals surface area (Å²) in [7, 11) is 0. The quantitative estimate of drug-likeness (QED) is 0.0371. The molecule has 3 N–H and O–H groups in total. The summed E-state index contributed by atoms with van der Waals surface area (Å²) in [6.07, 6.45) is 8.44. The molecule has 3 saturated heterocycles. The van der Waals surface area contributed by atoms with Crippen LogP contribution < -0.4 is 31.4 Å². The highest BCUT2D eigenvalue weighted by molar-refractivity contribution is 6.41. The molecule has 3 aromatic carbocycles. The Morgan fingerprint density at radius 3 is 0.793 bits per heavy atom. The van der Waals surface area contributed by atoms with Crippen LogP contribution in [-0.2, 0) is 14.4 Å². The van der Waals surface area contributed by atoms with E-state index >= 15 is 0 Å². The van der Waals surface area contributed by atoms with E-state index in [2.05, 4.69) is 49.6 Å². The molecule has 0 unspecified atom stereocenters. The third-order valence-electron chi connectivity index (χ3n) is 23.0. The van der Waals surface area contributed by atoms with Gasteiger partial charge in [-0.25, -0.2) is 41.3 Å². The highest BCUT2D eigenvalue weighted by Crippen LogP contribution is 2.52. The Morgan fingerprint density at radius 2 is 0.593 bits per heavy atom. The van der Waals surface area contributed by atoms with Crippen LogP contribution in [0.25, 0.3) is 83.9 Å². The maximum Gasteiger partial charge on any atom is 0.276 e. The third-order valence-corrected chi connectivity index (χ3v) is 26.0. The lowest BCUT2D eigenvalue weighted by Gasteiger charge is -2.36. The zero-order valence-corrected chi connectivity index (χ0v) is 79.6. The number of halogens is 15. The summed E-state index contributed by atoms with van der Waals surface area (Å²) in [5.74, 6) is -13.2. The molecule has 3 fully saturated rings. The van der Waals surface area contributed by atoms with Crippen molar-refractivity contribution in [1.29, 1.82) is 15.8 Å². The van der Waals surface area contributed by atoms with E-state index in [1.54, 1.807) is 87.0 Å². The Morgan fingerprint density at radius 1 is 0.378 bits per heavy atom. The fourth-order valence-electron chi connectivity index (χ4n) is 16.4. The topological polar surface area (TPSA) is 346 Å². The monoisotopic (exact) mass is 2020 g/mol. The summed E-state index contributed by atoms with van der Waals surface area (Å²) in [5.41, 5.74) is 0.144. The number of nitrogens with zero attached hydrogens (tertiary/aromatic N) is 18. The molecule has 3 aliphatic rings. The number of amides is 3. The SMILES string of the molecule is C=CC(=O)N1CCN(c2c(C#N)c(=O)n(-c3c(C)ccnc3C(C)C)c3nc(-c4c(O)c(Cl)c(F)c(F)c4Cl)c(Cl)cc23)CC1.C=CC(=O)N1CCN(c2c(C#N)c(=O)n(-c3c(C)ccnc3C(C)C)c3nc(-c4c(O)c(Cl)c(F)c(F)c4Cl)c(Cl)cc23)CC1.C=CC(=O)N1CCN(c2c(C#N)c(=O)n(-c3c(C)ccnc3C(C)C)c3nc(-c4c(O)c(Cl)c(F)c(F)c4Cl)c(Cl)cc23)CC1. The van der Waals surface area contributed by atoms with Crippen LogP contribution in [0.4, 0.5) is 43.4 Å². The molecule has 15 rings (SSSR count). The van der Waals surface area contributed by atoms with Gasteiger partial charge in [-0.3, -0.25) is 57.4 Å². The fraction of sp³-hybridized carbons (Fsp3) is 0.258. The first-order valence-electron chi connectivity index (χ1n) is 41.1. The van der Waals surface area contributed by atoms with Crippen LogP contribution in [0.15, 0.2) is 107 Å². The molecule has 135 heavy (non-hydrogen) atoms. The van der Waals surface area contributed by atoms with Gasteiger partial charge in [0, 0.05) is 113 Å². The average Bonchev–Trinajstić information content (AvgIpc) is 0.728. The maximum atomic E-state index is 14.8. The molecule has 0 bridgehead atoms. The van der Waals surface area contributed by atoms with E-state index in [0.29, 0.717) is 50.8 Å². The summed E-state index contributed by atoms with van der Waals surface area (Å²) in [6.45, 7) is 30.5. The number of aromatic hydroxyl groups is 3. The highest BCUT2D eigenvalue weighted by atomic mass is 35.5. The smallest absolute Gasteiger partial charge is 0.276 e. The van der Waals surface area contributed by atoms with Crippen LogP contribution in [0.1, 0.15) is 110 Å². The molecule has 12 aromatic rings. The predicted octanol–water partition coefficient (Wildman–Crippen LogP) is 19.6. The van der Waals surface area contributed by atoms with Gasteiger partial charge in [-0.15, -0.1) is 0 Å². The number of aryl methyl sites for hydroxylation is 3. The van der Waals surface area contributed by atoms with Crippen LogP contribution in [-0.4, -0.2) is 170 Å². The second kappa shape index (κ2) is 40.1. The number of fused-ring (bicyclic) bond motifs is 3. The number of piperazine rings is 3. The van der Waals surface area contributed by atoms with Crippen LogP contribution in [0.2, 0.25) is 45.2 Å². The van der Waals surface area contributed by atoms with E-state index < -0.39 is 116 Å². The van der Waals surface area contributed by atoms with E-state index in [9.17, 15) is 86.2 Å². The first-order valence-corrected chi connectivity index (χ1v) is 44.5. The van der Waals surface area contributed by atoms with E-state index in [4.69, 9.17) is 104 Å². The second-order valence-electron chi connectivity index (χ2n) is 32.0. The van der Waals surface area contributed by atoms with Crippen molar-refractivity contribution in [3.63, 3.8) is 0 Å². The molecule has 0 aliphatic carbocycles. The summed E-state index contributed by atoms with van der Waals surface area (Å²) in [5, 5.41) is 58.5. The number of anilines is 3. The molecule has 0 saturated carbocycles. The molecule has 42 heteroatoms. The van der Waals surface area contributed by atoms with E-state index in [0.717, 1.165) is 0 Å². The number of pyridine rings is 9. The molecule has 0 spiro atoms. The minimum absolute atomic E-state index is 0.0210. The standard InChI is InChI=1S/3C31H25Cl3F2N6O3/c3*1-5-19(43)40-8-10-41(11-9-40)28-16-12-18(32)26(20-21(33)23(35)24(36)22(34)29(20)44)39-30(16)42(31(45)17(28)13-37)27-15(4)6-7-38-25(27)14(2)3/h3*5-7,12,14,44H,1,8-11H2,2-4H3. The minimum atomic E-state index is -1.56. The number of carbonyl (C=O) groups excluding carboxylic acids is 3. The summed E-state index contributed by atoms with van der Waals surface area (Å²) in [4.78, 5) is 117. The first-order chi connectivity index (χ1) is 64.0. The summed E-state index contributed by atoms with van der Waals surface area (Å²) < 4.78 is 91.0. The van der Waals surface area contributed by atoms with Gasteiger partial charge < -0.3 is 44.7 Å². The van der Waals surface area contributed by atoms with Gasteiger partial charge in [0.2, 0.25) is 17.7 Å². The summed E-state index contributed by atoms with van der Waals surface area (Å²) >= 11 is 56.3. The number of benzene rings is 3. The lowest BCUT2D eigenvalue weighted by molar-refractivity contribution is -0.127. The van der Waals surface area contributed by atoms with Crippen LogP contribution in [0, 0.1) is 89.7 Å². The van der Waals surface area contributed by atoms with E-state index in [1.807, 2.05) is 59.8 Å². The van der Waals surface area contributed by atoms with Gasteiger partial charge in [-0.1, -0.05) is 166 Å². The second-order valence-corrected chi connectivity index (χ2v) is 35.5. The van der Waals surface area contributed by atoms with Gasteiger partial charge in [-0.05, 0) is 110 Å². The normalized spacial score (nSPS) is 13.4. The Kier molecular flexibility index (Phi) is 29.6. The molecule has 27 nitrogen and oxygen atoms in total. The van der Waals surface area contributed by atoms with Gasteiger partial charge >= 0.3 is 0 Å². The Labute approximate surface area is 810 Å². The van der Waals surface area contributed by atoms with Crippen LogP contribution >= 0.6 is 104 Å². The van der Waals surface area contributed by atoms with Crippen LogP contribution in [0.3, 0.4) is 0 Å². The molecule has 0 atom stereocenters. The minimum Gasteiger partial charge on any atom is -0.506 e. The predicted molar refractivity (Wildman–Crippen MR) is 509 cm³/mol. The van der Waals surface area contributed by atoms with Crippen molar-refractivity contribution in [3.05, 3.63) is 255 Å². The number of phenolic OH excluding ortho intramolecular Hbond substituents is 3. The van der Waals surface area contributed by atoms with Crippen molar-refractivity contribution in [3.8, 4) is 86.3 Å². The molecule has 0 radical (unpaired) electrons. The van der Waals surface area contributed by atoms with Crippen molar-refractivity contribution >= 4 is 172 Å². The largest absolute Gasteiger partial charge is 0.506 e. The molecule has 3 aliphatic heterocycles. The zero-order valence-electron chi connectivity index (χ0n) is 72.8.